The number of ketones is 1. The van der Waals surface area contributed by atoms with Crippen LogP contribution in [0.15, 0.2) is 84.9 Å². The molecule has 0 saturated carbocycles. The monoisotopic (exact) mass is 481 g/mol. The highest BCUT2D eigenvalue weighted by Gasteiger charge is 2.17. The molecular weight excluding hydrogens is 456 g/mol. The summed E-state index contributed by atoms with van der Waals surface area (Å²) in [6.07, 6.45) is 0. The van der Waals surface area contributed by atoms with Crippen LogP contribution in [-0.4, -0.2) is 10.4 Å². The molecule has 0 aliphatic rings. The van der Waals surface area contributed by atoms with Crippen molar-refractivity contribution in [3.8, 4) is 22.7 Å². The van der Waals surface area contributed by atoms with E-state index < -0.39 is 11.6 Å². The highest BCUT2D eigenvalue weighted by Crippen LogP contribution is 2.36. The van der Waals surface area contributed by atoms with E-state index in [2.05, 4.69) is 10.6 Å². The molecule has 36 heavy (non-hydrogen) atoms. The van der Waals surface area contributed by atoms with Crippen LogP contribution in [-0.2, 0) is 6.61 Å². The highest BCUT2D eigenvalue weighted by molar-refractivity contribution is 6.08. The molecule has 5 rings (SSSR count). The Balaban J connectivity index is 1.62. The Kier molecular flexibility index (Phi) is 6.15. The quantitative estimate of drug-likeness (QED) is 0.230. The zero-order valence-electron chi connectivity index (χ0n) is 20.3. The lowest BCUT2D eigenvalue weighted by Crippen LogP contribution is -2.05. The van der Waals surface area contributed by atoms with Crippen molar-refractivity contribution in [1.82, 2.24) is 4.57 Å². The molecule has 0 spiro atoms. The summed E-state index contributed by atoms with van der Waals surface area (Å²) in [6.45, 7) is 5.55. The van der Waals surface area contributed by atoms with Crippen LogP contribution in [0.4, 0.5) is 8.78 Å². The molecule has 0 atom stereocenters. The van der Waals surface area contributed by atoms with E-state index in [0.29, 0.717) is 11.3 Å². The van der Waals surface area contributed by atoms with Crippen LogP contribution in [0.3, 0.4) is 0 Å². The molecule has 0 unspecified atom stereocenters. The first-order valence-corrected chi connectivity index (χ1v) is 11.7. The van der Waals surface area contributed by atoms with Gasteiger partial charge in [0.25, 0.3) is 0 Å². The van der Waals surface area contributed by atoms with Crippen molar-refractivity contribution in [1.29, 1.82) is 0 Å². The smallest absolute Gasteiger partial charge is 0.160 e. The number of aryl methyl sites for hydroxylation is 2. The van der Waals surface area contributed by atoms with E-state index in [4.69, 9.17) is 4.74 Å². The van der Waals surface area contributed by atoms with Gasteiger partial charge < -0.3 is 9.30 Å². The highest BCUT2D eigenvalue weighted by atomic mass is 19.1. The van der Waals surface area contributed by atoms with Gasteiger partial charge in [-0.1, -0.05) is 35.9 Å². The van der Waals surface area contributed by atoms with E-state index in [1.807, 2.05) is 74.5 Å². The number of carbonyl (C=O) groups is 1. The zero-order chi connectivity index (χ0) is 25.4. The third kappa shape index (κ3) is 4.40. The average molecular weight is 482 g/mol. The summed E-state index contributed by atoms with van der Waals surface area (Å²) in [5.74, 6) is -0.687. The van der Waals surface area contributed by atoms with Crippen LogP contribution < -0.4 is 4.74 Å². The van der Waals surface area contributed by atoms with Crippen molar-refractivity contribution >= 4 is 16.6 Å². The predicted molar refractivity (Wildman–Crippen MR) is 139 cm³/mol. The lowest BCUT2D eigenvalue weighted by molar-refractivity contribution is 0.101. The maximum absolute atomic E-state index is 14.2. The van der Waals surface area contributed by atoms with Gasteiger partial charge >= 0.3 is 0 Å². The number of benzene rings is 4. The average Bonchev–Trinajstić information content (AvgIpc) is 3.24. The number of rotatable bonds is 6. The number of carbonyl (C=O) groups excluding carboxylic acids is 1. The lowest BCUT2D eigenvalue weighted by Gasteiger charge is -2.18. The van der Waals surface area contributed by atoms with Gasteiger partial charge in [-0.3, -0.25) is 4.79 Å². The van der Waals surface area contributed by atoms with E-state index in [-0.39, 0.29) is 18.0 Å². The fourth-order valence-corrected chi connectivity index (χ4v) is 4.57. The molecule has 0 aliphatic heterocycles. The summed E-state index contributed by atoms with van der Waals surface area (Å²) in [5.41, 5.74) is 5.56. The number of fused-ring (bicyclic) bond motifs is 1. The maximum atomic E-state index is 14.2. The number of Topliss-reactive ketones (excluding diaryl/α,β-unsaturated/α-hetero) is 1. The summed E-state index contributed by atoms with van der Waals surface area (Å²) in [5, 5.41) is 1.90. The maximum Gasteiger partial charge on any atom is 0.160 e. The Morgan fingerprint density at radius 3 is 2.47 bits per heavy atom. The summed E-state index contributed by atoms with van der Waals surface area (Å²) in [6, 6.07) is 25.2. The normalized spacial score (nSPS) is 11.1. The van der Waals surface area contributed by atoms with E-state index in [1.54, 1.807) is 6.92 Å². The molecule has 0 amide bonds. The molecule has 0 aliphatic carbocycles. The Bertz CT molecular complexity index is 1620. The minimum absolute atomic E-state index is 0.000288. The van der Waals surface area contributed by atoms with Crippen molar-refractivity contribution in [2.45, 2.75) is 27.4 Å². The van der Waals surface area contributed by atoms with Crippen LogP contribution in [0.5, 0.6) is 5.75 Å². The van der Waals surface area contributed by atoms with Crippen molar-refractivity contribution < 1.29 is 18.3 Å². The van der Waals surface area contributed by atoms with Crippen molar-refractivity contribution in [3.05, 3.63) is 119 Å². The molecule has 3 nitrogen and oxygen atoms in total. The first-order valence-electron chi connectivity index (χ1n) is 11.7. The van der Waals surface area contributed by atoms with E-state index in [9.17, 15) is 13.6 Å². The second kappa shape index (κ2) is 9.42. The largest absolute Gasteiger partial charge is 0.488 e. The van der Waals surface area contributed by atoms with E-state index in [1.165, 1.54) is 12.1 Å². The number of halogens is 2. The van der Waals surface area contributed by atoms with Crippen LogP contribution >= 0.6 is 0 Å². The van der Waals surface area contributed by atoms with Crippen LogP contribution in [0.2, 0.25) is 0 Å². The summed E-state index contributed by atoms with van der Waals surface area (Å²) >= 11 is 0. The van der Waals surface area contributed by atoms with Crippen molar-refractivity contribution in [2.24, 2.45) is 0 Å². The predicted octanol–water partition coefficient (Wildman–Crippen LogP) is 7.97. The molecule has 0 bridgehead atoms. The SMILES string of the molecule is CC(=O)c1cc(-n2c(C)ccc2-c2cc(C)ccc2OCc2ccc(F)cc2F)cc2ccccc12. The third-order valence-corrected chi connectivity index (χ3v) is 6.37. The number of hydrogen-bond donors (Lipinski definition) is 0. The molecule has 5 heteroatoms. The summed E-state index contributed by atoms with van der Waals surface area (Å²) in [7, 11) is 0. The molecule has 4 aromatic carbocycles. The van der Waals surface area contributed by atoms with E-state index in [0.717, 1.165) is 45.0 Å². The van der Waals surface area contributed by atoms with Crippen LogP contribution in [0.1, 0.15) is 34.1 Å². The van der Waals surface area contributed by atoms with Crippen molar-refractivity contribution in [3.63, 3.8) is 0 Å². The fraction of sp³-hybridized carbons (Fsp3) is 0.129. The number of ether oxygens (including phenoxy) is 1. The molecular formula is C31H25F2NO2. The Morgan fingerprint density at radius 1 is 0.889 bits per heavy atom. The second-order valence-corrected chi connectivity index (χ2v) is 8.99. The Hall–Kier alpha value is -4.25. The first kappa shape index (κ1) is 23.5. The van der Waals surface area contributed by atoms with Gasteiger partial charge in [-0.2, -0.15) is 0 Å². The minimum atomic E-state index is -0.643. The molecule has 0 fully saturated rings. The van der Waals surface area contributed by atoms with Gasteiger partial charge in [0.2, 0.25) is 0 Å². The molecule has 5 aromatic rings. The van der Waals surface area contributed by atoms with Gasteiger partial charge in [0, 0.05) is 34.1 Å². The van der Waals surface area contributed by atoms with Gasteiger partial charge in [0.15, 0.2) is 5.78 Å². The van der Waals surface area contributed by atoms with Gasteiger partial charge in [-0.05, 0) is 80.1 Å². The Labute approximate surface area is 208 Å². The number of nitrogens with zero attached hydrogens (tertiary/aromatic N) is 1. The standard InChI is InChI=1S/C31H25F2NO2/c1-19-8-13-31(36-18-23-10-11-24(32)16-29(23)33)28(14-19)30-12-9-20(2)34(30)25-15-22-6-4-5-7-26(22)27(17-25)21(3)35/h4-17H,18H2,1-3H3. The molecule has 0 radical (unpaired) electrons. The molecule has 1 aromatic heterocycles. The first-order chi connectivity index (χ1) is 17.3. The molecule has 1 heterocycles. The summed E-state index contributed by atoms with van der Waals surface area (Å²) in [4.78, 5) is 12.5. The topological polar surface area (TPSA) is 31.2 Å². The van der Waals surface area contributed by atoms with Crippen LogP contribution in [0.25, 0.3) is 27.7 Å². The summed E-state index contributed by atoms with van der Waals surface area (Å²) < 4.78 is 35.7. The van der Waals surface area contributed by atoms with Crippen LogP contribution in [0, 0.1) is 25.5 Å². The van der Waals surface area contributed by atoms with E-state index >= 15 is 0 Å². The third-order valence-electron chi connectivity index (χ3n) is 6.37. The molecule has 180 valence electrons. The molecule has 0 N–H and O–H groups in total. The van der Waals surface area contributed by atoms with Gasteiger partial charge in [-0.15, -0.1) is 0 Å². The zero-order valence-corrected chi connectivity index (χ0v) is 20.3. The van der Waals surface area contributed by atoms with Gasteiger partial charge in [0.05, 0.1) is 5.69 Å². The van der Waals surface area contributed by atoms with Gasteiger partial charge in [0.1, 0.15) is 24.0 Å². The number of hydrogen-bond acceptors (Lipinski definition) is 2. The Morgan fingerprint density at radius 2 is 1.69 bits per heavy atom. The fourth-order valence-electron chi connectivity index (χ4n) is 4.57. The number of aromatic nitrogens is 1. The lowest BCUT2D eigenvalue weighted by atomic mass is 10.0. The minimum Gasteiger partial charge on any atom is -0.488 e. The van der Waals surface area contributed by atoms with Crippen molar-refractivity contribution in [2.75, 3.05) is 0 Å². The van der Waals surface area contributed by atoms with Gasteiger partial charge in [-0.25, -0.2) is 8.78 Å². The second-order valence-electron chi connectivity index (χ2n) is 8.99. The molecule has 0 saturated heterocycles.